The van der Waals surface area contributed by atoms with Crippen LogP contribution in [0.15, 0.2) is 5.10 Å². The molecule has 1 aromatic heterocycles. The molecule has 2 heterocycles. The van der Waals surface area contributed by atoms with Gasteiger partial charge in [0.1, 0.15) is 6.54 Å². The molecule has 0 fully saturated rings. The molecular formula is C7H9N8O4. The van der Waals surface area contributed by atoms with Gasteiger partial charge in [0.25, 0.3) is 5.95 Å². The summed E-state index contributed by atoms with van der Waals surface area (Å²) in [6.45, 7) is -0.362. The Balaban J connectivity index is 2.10. The van der Waals surface area contributed by atoms with Gasteiger partial charge in [-0.2, -0.15) is 10.2 Å². The molecule has 0 spiro atoms. The maximum Gasteiger partial charge on any atom is 0.325 e. The Hall–Kier alpha value is -2.92. The van der Waals surface area contributed by atoms with Crippen molar-refractivity contribution < 1.29 is 19.8 Å². The number of hydrazone groups is 1. The molecule has 1 radical (unpaired) electrons. The second-order valence-corrected chi connectivity index (χ2v) is 3.42. The minimum Gasteiger partial charge on any atom is -0.481 e. The first kappa shape index (κ1) is 12.5. The lowest BCUT2D eigenvalue weighted by Crippen LogP contribution is -2.45. The average Bonchev–Trinajstić information content (AvgIpc) is 2.93. The van der Waals surface area contributed by atoms with E-state index >= 15 is 0 Å². The van der Waals surface area contributed by atoms with Crippen molar-refractivity contribution in [2.45, 2.75) is 13.0 Å². The molecule has 1 aromatic rings. The van der Waals surface area contributed by atoms with Gasteiger partial charge in [0.2, 0.25) is 6.34 Å². The molecule has 2 rings (SSSR count). The van der Waals surface area contributed by atoms with Crippen molar-refractivity contribution in [2.24, 2.45) is 5.10 Å². The van der Waals surface area contributed by atoms with E-state index in [2.05, 4.69) is 32.5 Å². The smallest absolute Gasteiger partial charge is 0.325 e. The van der Waals surface area contributed by atoms with Gasteiger partial charge in [-0.1, -0.05) is 5.10 Å². The first-order chi connectivity index (χ1) is 9.08. The number of hydrazine groups is 2. The van der Waals surface area contributed by atoms with Gasteiger partial charge in [0.05, 0.1) is 13.0 Å². The van der Waals surface area contributed by atoms with Crippen LogP contribution in [0.25, 0.3) is 0 Å². The summed E-state index contributed by atoms with van der Waals surface area (Å²) < 4.78 is 1.02. The summed E-state index contributed by atoms with van der Waals surface area (Å²) in [5.74, 6) is -2.05. The summed E-state index contributed by atoms with van der Waals surface area (Å²) in [5, 5.41) is 33.9. The normalized spacial score (nSPS) is 13.7. The highest BCUT2D eigenvalue weighted by Crippen LogP contribution is 2.11. The number of carbonyl (C=O) groups is 2. The number of nitrogens with one attached hydrogen (secondary N) is 1. The zero-order chi connectivity index (χ0) is 13.8. The molecule has 0 aromatic carbocycles. The van der Waals surface area contributed by atoms with Crippen molar-refractivity contribution in [1.29, 1.82) is 0 Å². The Bertz CT molecular complexity index is 513. The fraction of sp³-hybridized carbons (Fsp3) is 0.429. The van der Waals surface area contributed by atoms with Crippen LogP contribution in [0.4, 0.5) is 5.95 Å². The number of hydrogen-bond donors (Lipinski definition) is 3. The number of anilines is 1. The van der Waals surface area contributed by atoms with Crippen molar-refractivity contribution in [1.82, 2.24) is 30.8 Å². The van der Waals surface area contributed by atoms with E-state index in [0.717, 1.165) is 4.68 Å². The largest absolute Gasteiger partial charge is 0.481 e. The Morgan fingerprint density at radius 2 is 2.11 bits per heavy atom. The maximum absolute atomic E-state index is 10.6. The van der Waals surface area contributed by atoms with E-state index in [4.69, 9.17) is 10.2 Å². The Morgan fingerprint density at radius 1 is 1.32 bits per heavy atom. The molecule has 0 atom stereocenters. The van der Waals surface area contributed by atoms with Gasteiger partial charge in [-0.15, -0.1) is 10.2 Å². The van der Waals surface area contributed by atoms with Crippen LogP contribution in [-0.2, 0) is 16.1 Å². The van der Waals surface area contributed by atoms with Crippen LogP contribution in [0.2, 0.25) is 0 Å². The number of carboxylic acids is 2. The van der Waals surface area contributed by atoms with Crippen molar-refractivity contribution in [2.75, 3.05) is 11.7 Å². The van der Waals surface area contributed by atoms with E-state index in [1.54, 1.807) is 0 Å². The molecule has 0 saturated heterocycles. The fourth-order valence-corrected chi connectivity index (χ4v) is 1.31. The average molecular weight is 269 g/mol. The van der Waals surface area contributed by atoms with Gasteiger partial charge in [-0.25, -0.2) is 5.01 Å². The van der Waals surface area contributed by atoms with E-state index < -0.39 is 18.5 Å². The van der Waals surface area contributed by atoms with E-state index in [1.165, 1.54) is 10.1 Å². The summed E-state index contributed by atoms with van der Waals surface area (Å²) in [6, 6.07) is 0. The lowest BCUT2D eigenvalue weighted by molar-refractivity contribution is -0.138. The third-order valence-electron chi connectivity index (χ3n) is 2.08. The van der Waals surface area contributed by atoms with E-state index in [-0.39, 0.29) is 18.9 Å². The van der Waals surface area contributed by atoms with Gasteiger partial charge in [-0.3, -0.25) is 9.59 Å². The number of rotatable bonds is 6. The van der Waals surface area contributed by atoms with E-state index in [0.29, 0.717) is 0 Å². The second kappa shape index (κ2) is 5.16. The van der Waals surface area contributed by atoms with Gasteiger partial charge < -0.3 is 10.2 Å². The molecule has 101 valence electrons. The number of aromatic nitrogens is 4. The maximum atomic E-state index is 10.6. The van der Waals surface area contributed by atoms with Gasteiger partial charge in [-0.05, 0) is 10.4 Å². The quantitative estimate of drug-likeness (QED) is 0.509. The van der Waals surface area contributed by atoms with Crippen LogP contribution < -0.4 is 10.7 Å². The lowest BCUT2D eigenvalue weighted by atomic mass is 10.4. The third-order valence-corrected chi connectivity index (χ3v) is 2.08. The fourth-order valence-electron chi connectivity index (χ4n) is 1.31. The van der Waals surface area contributed by atoms with Crippen LogP contribution in [0, 0.1) is 0 Å². The zero-order valence-electron chi connectivity index (χ0n) is 9.46. The Labute approximate surface area is 105 Å². The Kier molecular flexibility index (Phi) is 3.40. The first-order valence-corrected chi connectivity index (χ1v) is 5.06. The molecule has 3 N–H and O–H groups in total. The van der Waals surface area contributed by atoms with Crippen LogP contribution in [0.5, 0.6) is 0 Å². The minimum absolute atomic E-state index is 0.0570. The number of carboxylic acid groups (broad SMARTS) is 2. The summed E-state index contributed by atoms with van der Waals surface area (Å²) >= 11 is 0. The van der Waals surface area contributed by atoms with Crippen molar-refractivity contribution in [3.63, 3.8) is 0 Å². The third kappa shape index (κ3) is 2.85. The molecule has 0 amide bonds. The zero-order valence-corrected chi connectivity index (χ0v) is 9.46. The Morgan fingerprint density at radius 3 is 2.79 bits per heavy atom. The van der Waals surface area contributed by atoms with E-state index in [9.17, 15) is 9.59 Å². The van der Waals surface area contributed by atoms with Crippen LogP contribution in [0.1, 0.15) is 6.42 Å². The molecule has 0 saturated carbocycles. The van der Waals surface area contributed by atoms with Crippen molar-refractivity contribution in [3.8, 4) is 0 Å². The number of tetrazole rings is 1. The van der Waals surface area contributed by atoms with Crippen LogP contribution >= 0.6 is 0 Å². The van der Waals surface area contributed by atoms with Crippen molar-refractivity contribution in [3.05, 3.63) is 0 Å². The summed E-state index contributed by atoms with van der Waals surface area (Å²) in [7, 11) is 0. The first-order valence-electron chi connectivity index (χ1n) is 5.06. The van der Waals surface area contributed by atoms with Gasteiger partial charge in [0, 0.05) is 0 Å². The highest BCUT2D eigenvalue weighted by molar-refractivity contribution is 5.69. The topological polar surface area (TPSA) is 149 Å². The molecule has 0 bridgehead atoms. The molecular weight excluding hydrogens is 260 g/mol. The predicted molar refractivity (Wildman–Crippen MR) is 57.5 cm³/mol. The second-order valence-electron chi connectivity index (χ2n) is 3.42. The molecule has 12 nitrogen and oxygen atoms in total. The standard InChI is InChI=1S/C7H9N8O4/c16-5(17)1-2-13-4-8-11-15(13)7-9-10-12-14(7)3-6(18)19/h11H,1-3H2,(H,16,17)(H,18,19). The molecule has 1 aliphatic heterocycles. The van der Waals surface area contributed by atoms with E-state index in [1.807, 2.05) is 0 Å². The van der Waals surface area contributed by atoms with Gasteiger partial charge >= 0.3 is 11.9 Å². The number of aliphatic carboxylic acids is 2. The molecule has 0 unspecified atom stereocenters. The number of nitrogens with zero attached hydrogens (tertiary/aromatic N) is 7. The number of hydrogen-bond acceptors (Lipinski definition) is 9. The highest BCUT2D eigenvalue weighted by Gasteiger charge is 2.25. The SMILES string of the molecule is O=C(O)CCN1[C]=NNN1c1nnnn1CC(=O)O. The predicted octanol–water partition coefficient (Wildman–Crippen LogP) is -2.41. The monoisotopic (exact) mass is 269 g/mol. The molecule has 1 aliphatic rings. The van der Waals surface area contributed by atoms with Crippen LogP contribution in [-0.4, -0.2) is 60.3 Å². The summed E-state index contributed by atoms with van der Waals surface area (Å²) in [6.07, 6.45) is 2.33. The van der Waals surface area contributed by atoms with Crippen LogP contribution in [0.3, 0.4) is 0 Å². The highest BCUT2D eigenvalue weighted by atomic mass is 16.4. The molecule has 12 heteroatoms. The lowest BCUT2D eigenvalue weighted by Gasteiger charge is -2.24. The summed E-state index contributed by atoms with van der Waals surface area (Å²) in [4.78, 5) is 21.2. The molecule has 19 heavy (non-hydrogen) atoms. The summed E-state index contributed by atoms with van der Waals surface area (Å²) in [5.41, 5.74) is 2.47. The van der Waals surface area contributed by atoms with Gasteiger partial charge in [0.15, 0.2) is 0 Å². The molecule has 0 aliphatic carbocycles. The minimum atomic E-state index is -1.12. The van der Waals surface area contributed by atoms with Crippen molar-refractivity contribution >= 4 is 24.2 Å².